The molecule has 0 radical (unpaired) electrons. The number of nitrogen functional groups attached to an aromatic ring is 2. The second-order valence-corrected chi connectivity index (χ2v) is 7.72. The van der Waals surface area contributed by atoms with E-state index >= 15 is 0 Å². The Morgan fingerprint density at radius 1 is 1.14 bits per heavy atom. The molecule has 0 spiro atoms. The highest BCUT2D eigenvalue weighted by atomic mass is 28.4. The summed E-state index contributed by atoms with van der Waals surface area (Å²) in [5.74, 6) is 0. The van der Waals surface area contributed by atoms with E-state index in [1.165, 1.54) is 0 Å². The van der Waals surface area contributed by atoms with Crippen molar-refractivity contribution in [3.05, 3.63) is 18.2 Å². The highest BCUT2D eigenvalue weighted by Gasteiger charge is 2.25. The predicted molar refractivity (Wildman–Crippen MR) is 64.0 cm³/mol. The van der Waals surface area contributed by atoms with Crippen LogP contribution in [-0.2, 0) is 4.43 Å². The summed E-state index contributed by atoms with van der Waals surface area (Å²) in [6.07, 6.45) is 0. The Morgan fingerprint density at radius 2 is 1.64 bits per heavy atom. The number of hydrogen-bond donors (Lipinski definition) is 2. The molecule has 0 aliphatic heterocycles. The Balaban J connectivity index is 3.05. The summed E-state index contributed by atoms with van der Waals surface area (Å²) in [7, 11) is -1.80. The standard InChI is InChI=1S/C10H18N2OSi/c1-4-13-14(2,3)10-6-8(11)5-9(12)7-10/h5-7H,4,11-12H2,1-3H3. The summed E-state index contributed by atoms with van der Waals surface area (Å²) < 4.78 is 5.75. The number of benzene rings is 1. The van der Waals surface area contributed by atoms with E-state index in [0.717, 1.165) is 11.8 Å². The Hall–Kier alpha value is -1.00. The van der Waals surface area contributed by atoms with E-state index < -0.39 is 8.32 Å². The third kappa shape index (κ3) is 2.49. The molecule has 0 unspecified atom stereocenters. The highest BCUT2D eigenvalue weighted by Crippen LogP contribution is 2.12. The van der Waals surface area contributed by atoms with Gasteiger partial charge in [-0.15, -0.1) is 0 Å². The van der Waals surface area contributed by atoms with Crippen LogP contribution in [0.1, 0.15) is 6.92 Å². The van der Waals surface area contributed by atoms with Crippen LogP contribution in [0.5, 0.6) is 0 Å². The summed E-state index contributed by atoms with van der Waals surface area (Å²) in [4.78, 5) is 0. The van der Waals surface area contributed by atoms with E-state index in [4.69, 9.17) is 15.9 Å². The monoisotopic (exact) mass is 210 g/mol. The van der Waals surface area contributed by atoms with E-state index in [1.54, 1.807) is 6.07 Å². The molecule has 0 fully saturated rings. The van der Waals surface area contributed by atoms with Crippen molar-refractivity contribution in [3.63, 3.8) is 0 Å². The Bertz CT molecular complexity index is 306. The molecule has 0 aliphatic carbocycles. The Morgan fingerprint density at radius 3 is 2.07 bits per heavy atom. The quantitative estimate of drug-likeness (QED) is 0.584. The van der Waals surface area contributed by atoms with Gasteiger partial charge in [-0.05, 0) is 43.4 Å². The minimum atomic E-state index is -1.80. The largest absolute Gasteiger partial charge is 0.413 e. The zero-order chi connectivity index (χ0) is 10.8. The van der Waals surface area contributed by atoms with Gasteiger partial charge in [-0.1, -0.05) is 0 Å². The maximum Gasteiger partial charge on any atom is 0.218 e. The molecule has 0 saturated carbocycles. The third-order valence-electron chi connectivity index (χ3n) is 2.18. The fourth-order valence-corrected chi connectivity index (χ4v) is 3.39. The molecule has 1 aromatic carbocycles. The van der Waals surface area contributed by atoms with Crippen LogP contribution in [0.25, 0.3) is 0 Å². The third-order valence-corrected chi connectivity index (χ3v) is 4.87. The van der Waals surface area contributed by atoms with Crippen LogP contribution in [0.3, 0.4) is 0 Å². The summed E-state index contributed by atoms with van der Waals surface area (Å²) in [5.41, 5.74) is 12.9. The molecule has 14 heavy (non-hydrogen) atoms. The first-order valence-corrected chi connectivity index (χ1v) is 7.67. The van der Waals surface area contributed by atoms with E-state index in [0.29, 0.717) is 11.4 Å². The molecule has 0 saturated heterocycles. The fraction of sp³-hybridized carbons (Fsp3) is 0.400. The molecular formula is C10H18N2OSi. The van der Waals surface area contributed by atoms with E-state index in [2.05, 4.69) is 13.1 Å². The molecule has 4 heteroatoms. The number of hydrogen-bond acceptors (Lipinski definition) is 3. The first kappa shape index (κ1) is 11.1. The van der Waals surface area contributed by atoms with Gasteiger partial charge in [-0.2, -0.15) is 0 Å². The summed E-state index contributed by atoms with van der Waals surface area (Å²) >= 11 is 0. The number of anilines is 2. The topological polar surface area (TPSA) is 61.3 Å². The maximum atomic E-state index is 5.75. The van der Waals surface area contributed by atoms with Crippen molar-refractivity contribution >= 4 is 24.9 Å². The van der Waals surface area contributed by atoms with Gasteiger partial charge in [0.15, 0.2) is 0 Å². The normalized spacial score (nSPS) is 11.6. The van der Waals surface area contributed by atoms with Gasteiger partial charge in [0.2, 0.25) is 8.32 Å². The summed E-state index contributed by atoms with van der Waals surface area (Å²) in [6, 6.07) is 5.68. The fourth-order valence-electron chi connectivity index (χ4n) is 1.47. The lowest BCUT2D eigenvalue weighted by atomic mass is 10.3. The van der Waals surface area contributed by atoms with Crippen molar-refractivity contribution in [3.8, 4) is 0 Å². The molecule has 78 valence electrons. The minimum Gasteiger partial charge on any atom is -0.413 e. The SMILES string of the molecule is CCO[Si](C)(C)c1cc(N)cc(N)c1. The van der Waals surface area contributed by atoms with Gasteiger partial charge in [0.1, 0.15) is 0 Å². The Kier molecular flexibility index (Phi) is 3.18. The molecule has 0 bridgehead atoms. The average Bonchev–Trinajstić information content (AvgIpc) is 2.02. The number of rotatable bonds is 3. The first-order chi connectivity index (χ1) is 6.45. The van der Waals surface area contributed by atoms with Gasteiger partial charge < -0.3 is 15.9 Å². The zero-order valence-electron chi connectivity index (χ0n) is 9.00. The molecule has 0 aliphatic rings. The van der Waals surface area contributed by atoms with Gasteiger partial charge >= 0.3 is 0 Å². The van der Waals surface area contributed by atoms with E-state index in [1.807, 2.05) is 19.1 Å². The highest BCUT2D eigenvalue weighted by molar-refractivity contribution is 6.84. The molecule has 1 rings (SSSR count). The van der Waals surface area contributed by atoms with Crippen molar-refractivity contribution in [2.45, 2.75) is 20.0 Å². The van der Waals surface area contributed by atoms with Crippen LogP contribution < -0.4 is 16.7 Å². The maximum absolute atomic E-state index is 5.75. The van der Waals surface area contributed by atoms with Gasteiger partial charge in [-0.3, -0.25) is 0 Å². The van der Waals surface area contributed by atoms with Crippen molar-refractivity contribution < 1.29 is 4.43 Å². The lowest BCUT2D eigenvalue weighted by molar-refractivity contribution is 0.339. The van der Waals surface area contributed by atoms with Gasteiger partial charge in [0.25, 0.3) is 0 Å². The van der Waals surface area contributed by atoms with Crippen LogP contribution in [0.4, 0.5) is 11.4 Å². The molecule has 0 aromatic heterocycles. The molecule has 4 N–H and O–H groups in total. The van der Waals surface area contributed by atoms with Crippen molar-refractivity contribution in [1.29, 1.82) is 0 Å². The van der Waals surface area contributed by atoms with Gasteiger partial charge in [0, 0.05) is 18.0 Å². The van der Waals surface area contributed by atoms with Crippen LogP contribution in [0, 0.1) is 0 Å². The molecule has 0 atom stereocenters. The van der Waals surface area contributed by atoms with Crippen LogP contribution >= 0.6 is 0 Å². The molecule has 1 aromatic rings. The van der Waals surface area contributed by atoms with E-state index in [-0.39, 0.29) is 0 Å². The second kappa shape index (κ2) is 4.02. The lowest BCUT2D eigenvalue weighted by Crippen LogP contribution is -2.44. The summed E-state index contributed by atoms with van der Waals surface area (Å²) in [6.45, 7) is 7.02. The molecule has 0 heterocycles. The van der Waals surface area contributed by atoms with Gasteiger partial charge in [-0.25, -0.2) is 0 Å². The Labute approximate surface area is 86.2 Å². The lowest BCUT2D eigenvalue weighted by Gasteiger charge is -2.23. The molecular weight excluding hydrogens is 192 g/mol. The van der Waals surface area contributed by atoms with Crippen molar-refractivity contribution in [2.24, 2.45) is 0 Å². The smallest absolute Gasteiger partial charge is 0.218 e. The van der Waals surface area contributed by atoms with Crippen LogP contribution in [0.15, 0.2) is 18.2 Å². The molecule has 0 amide bonds. The minimum absolute atomic E-state index is 0.709. The van der Waals surface area contributed by atoms with Crippen molar-refractivity contribution in [2.75, 3.05) is 18.1 Å². The van der Waals surface area contributed by atoms with Crippen LogP contribution in [-0.4, -0.2) is 14.9 Å². The average molecular weight is 210 g/mol. The zero-order valence-corrected chi connectivity index (χ0v) is 10.0. The van der Waals surface area contributed by atoms with E-state index in [9.17, 15) is 0 Å². The van der Waals surface area contributed by atoms with Gasteiger partial charge in [0.05, 0.1) is 0 Å². The second-order valence-electron chi connectivity index (χ2n) is 3.83. The van der Waals surface area contributed by atoms with Crippen LogP contribution in [0.2, 0.25) is 13.1 Å². The predicted octanol–water partition coefficient (Wildman–Crippen LogP) is 1.30. The number of nitrogens with two attached hydrogens (primary N) is 2. The van der Waals surface area contributed by atoms with Crippen molar-refractivity contribution in [1.82, 2.24) is 0 Å². The first-order valence-electron chi connectivity index (χ1n) is 4.76. The summed E-state index contributed by atoms with van der Waals surface area (Å²) in [5, 5.41) is 1.15. The molecule has 3 nitrogen and oxygen atoms in total.